The lowest BCUT2D eigenvalue weighted by molar-refractivity contribution is 0.586. The third kappa shape index (κ3) is 6.08. The molecule has 0 saturated carbocycles. The fourth-order valence-electron chi connectivity index (χ4n) is 10.8. The molecule has 0 unspecified atom stereocenters. The minimum absolute atomic E-state index is 0.0325. The van der Waals surface area contributed by atoms with Crippen LogP contribution in [0, 0.1) is 5.92 Å². The summed E-state index contributed by atoms with van der Waals surface area (Å²) in [5.74, 6) is 2.06. The molecule has 7 aromatic carbocycles. The lowest BCUT2D eigenvalue weighted by Crippen LogP contribution is -2.27. The molecular weight excluding hydrogens is 803 g/mol. The third-order valence-corrected chi connectivity index (χ3v) is 14.3. The van der Waals surface area contributed by atoms with Crippen LogP contribution in [0.25, 0.3) is 83.7 Å². The van der Waals surface area contributed by atoms with Gasteiger partial charge in [-0.05, 0) is 84.2 Å². The van der Waals surface area contributed by atoms with Crippen molar-refractivity contribution in [3.8, 4) is 56.2 Å². The van der Waals surface area contributed by atoms with E-state index in [1.165, 1.54) is 55.6 Å². The first kappa shape index (κ1) is 40.1. The van der Waals surface area contributed by atoms with E-state index in [0.717, 1.165) is 49.8 Å². The molecule has 0 saturated heterocycles. The van der Waals surface area contributed by atoms with Crippen molar-refractivity contribution in [2.75, 3.05) is 0 Å². The fraction of sp³-hybridized carbons (Fsp3) is 0.177. The van der Waals surface area contributed by atoms with Gasteiger partial charge in [-0.3, -0.25) is 0 Å². The van der Waals surface area contributed by atoms with E-state index >= 15 is 0 Å². The summed E-state index contributed by atoms with van der Waals surface area (Å²) >= 11 is 0. The summed E-state index contributed by atoms with van der Waals surface area (Å²) in [5.41, 5.74) is 19.2. The highest BCUT2D eigenvalue weighted by Gasteiger charge is 2.52. The average Bonchev–Trinajstić information content (AvgIpc) is 3.88. The van der Waals surface area contributed by atoms with Crippen LogP contribution in [-0.4, -0.2) is 15.0 Å². The highest BCUT2D eigenvalue weighted by Crippen LogP contribution is 2.64. The second-order valence-corrected chi connectivity index (χ2v) is 20.4. The van der Waals surface area contributed by atoms with Crippen LogP contribution in [0.15, 0.2) is 180 Å². The van der Waals surface area contributed by atoms with E-state index in [4.69, 9.17) is 19.4 Å². The van der Waals surface area contributed by atoms with Crippen LogP contribution in [0.3, 0.4) is 0 Å². The van der Waals surface area contributed by atoms with Gasteiger partial charge in [-0.25, -0.2) is 15.0 Å². The van der Waals surface area contributed by atoms with Gasteiger partial charge < -0.3 is 4.42 Å². The number of furan rings is 1. The maximum absolute atomic E-state index is 6.44. The third-order valence-electron chi connectivity index (χ3n) is 14.3. The van der Waals surface area contributed by atoms with Crippen molar-refractivity contribution in [3.05, 3.63) is 215 Å². The Hall–Kier alpha value is -7.43. The standard InChI is InChI=1S/C62H51N3O/c1-37-16-9-8-10-17-43(37)59-64-57(39-26-24-38(25-27-39)44-20-15-21-50-49-19-12-14-23-55(49)66-56(44)50)63-58(65-59)40-28-31-46-45-18-11-13-22-51(45)62(52(46)34-40)53-35-41(60(2,3)4)29-32-47(53)48-33-30-42(36-54(48)62)61(5,6)7/h8-37H,1-7H3/t37-/m0/s1. The smallest absolute Gasteiger partial charge is 0.164 e. The fourth-order valence-corrected chi connectivity index (χ4v) is 10.8. The molecule has 9 aromatic rings. The number of fused-ring (bicyclic) bond motifs is 13. The van der Waals surface area contributed by atoms with E-state index in [1.807, 2.05) is 12.1 Å². The van der Waals surface area contributed by atoms with Gasteiger partial charge in [0, 0.05) is 39.0 Å². The van der Waals surface area contributed by atoms with Crippen LogP contribution in [0.2, 0.25) is 0 Å². The van der Waals surface area contributed by atoms with Crippen LogP contribution in [-0.2, 0) is 16.2 Å². The quantitative estimate of drug-likeness (QED) is 0.177. The Kier molecular flexibility index (Phi) is 8.83. The summed E-state index contributed by atoms with van der Waals surface area (Å²) < 4.78 is 6.44. The zero-order valence-electron chi connectivity index (χ0n) is 38.6. The monoisotopic (exact) mass is 853 g/mol. The van der Waals surface area contributed by atoms with E-state index < -0.39 is 5.41 Å². The summed E-state index contributed by atoms with van der Waals surface area (Å²) in [5, 5.41) is 2.23. The molecule has 2 aromatic heterocycles. The molecule has 4 heteroatoms. The molecule has 320 valence electrons. The van der Waals surface area contributed by atoms with Crippen molar-refractivity contribution in [2.24, 2.45) is 5.92 Å². The summed E-state index contributed by atoms with van der Waals surface area (Å²) in [6.45, 7) is 16.1. The normalized spacial score (nSPS) is 15.7. The number of hydrogen-bond acceptors (Lipinski definition) is 4. The first-order valence-electron chi connectivity index (χ1n) is 23.3. The Morgan fingerprint density at radius 2 is 1.00 bits per heavy atom. The van der Waals surface area contributed by atoms with Gasteiger partial charge in [-0.15, -0.1) is 0 Å². The SMILES string of the molecule is C[C@H]1C=CC=CC=C1c1nc(-c2ccc(-c3cccc4c3oc3ccccc34)cc2)nc(-c2ccc3c(c2)C2(c4ccccc4-3)c3cc(C(C)(C)C)ccc3-c3ccc(C(C)(C)C)cc32)n1. The molecule has 12 rings (SSSR count). The minimum atomic E-state index is -0.541. The highest BCUT2D eigenvalue weighted by molar-refractivity contribution is 6.09. The minimum Gasteiger partial charge on any atom is -0.455 e. The Bertz CT molecular complexity index is 3500. The molecule has 1 atom stereocenters. The second kappa shape index (κ2) is 14.5. The number of aromatic nitrogens is 3. The molecule has 0 fully saturated rings. The van der Waals surface area contributed by atoms with Gasteiger partial charge in [0.2, 0.25) is 0 Å². The van der Waals surface area contributed by atoms with E-state index in [0.29, 0.717) is 17.5 Å². The van der Waals surface area contributed by atoms with Crippen molar-refractivity contribution < 1.29 is 4.42 Å². The summed E-state index contributed by atoms with van der Waals surface area (Å²) in [4.78, 5) is 16.0. The second-order valence-electron chi connectivity index (χ2n) is 20.4. The number of allylic oxidation sites excluding steroid dienone is 6. The molecule has 1 spiro atoms. The first-order chi connectivity index (χ1) is 31.9. The lowest BCUT2D eigenvalue weighted by atomic mass is 9.68. The maximum atomic E-state index is 6.44. The topological polar surface area (TPSA) is 51.8 Å². The predicted molar refractivity (Wildman–Crippen MR) is 273 cm³/mol. The van der Waals surface area contributed by atoms with Crippen LogP contribution in [0.4, 0.5) is 0 Å². The van der Waals surface area contributed by atoms with Crippen molar-refractivity contribution >= 4 is 27.5 Å². The van der Waals surface area contributed by atoms with Crippen LogP contribution < -0.4 is 0 Å². The van der Waals surface area contributed by atoms with Crippen molar-refractivity contribution in [1.82, 2.24) is 15.0 Å². The highest BCUT2D eigenvalue weighted by atomic mass is 16.3. The van der Waals surface area contributed by atoms with Crippen molar-refractivity contribution in [3.63, 3.8) is 0 Å². The Labute approximate surface area is 387 Å². The Balaban J connectivity index is 1.06. The first-order valence-corrected chi connectivity index (χ1v) is 23.3. The number of nitrogens with zero attached hydrogens (tertiary/aromatic N) is 3. The molecule has 0 bridgehead atoms. The average molecular weight is 854 g/mol. The summed E-state index contributed by atoms with van der Waals surface area (Å²) in [6, 6.07) is 53.6. The molecule has 4 nitrogen and oxygen atoms in total. The van der Waals surface area contributed by atoms with Gasteiger partial charge in [0.15, 0.2) is 17.5 Å². The molecule has 0 aliphatic heterocycles. The van der Waals surface area contributed by atoms with Crippen molar-refractivity contribution in [1.29, 1.82) is 0 Å². The van der Waals surface area contributed by atoms with Gasteiger partial charge in [-0.2, -0.15) is 0 Å². The molecule has 2 heterocycles. The van der Waals surface area contributed by atoms with Crippen molar-refractivity contribution in [2.45, 2.75) is 64.7 Å². The summed E-state index contributed by atoms with van der Waals surface area (Å²) in [6.07, 6.45) is 10.6. The van der Waals surface area contributed by atoms with Crippen LogP contribution in [0.1, 0.15) is 87.7 Å². The maximum Gasteiger partial charge on any atom is 0.164 e. The van der Waals surface area contributed by atoms with E-state index in [1.54, 1.807) is 0 Å². The van der Waals surface area contributed by atoms with Gasteiger partial charge in [0.1, 0.15) is 11.2 Å². The Morgan fingerprint density at radius 3 is 1.71 bits per heavy atom. The number of benzene rings is 7. The van der Waals surface area contributed by atoms with Gasteiger partial charge in [0.25, 0.3) is 0 Å². The van der Waals surface area contributed by atoms with Gasteiger partial charge in [-0.1, -0.05) is 212 Å². The predicted octanol–water partition coefficient (Wildman–Crippen LogP) is 15.9. The molecule has 0 N–H and O–H groups in total. The lowest BCUT2D eigenvalue weighted by Gasteiger charge is -2.33. The van der Waals surface area contributed by atoms with E-state index in [9.17, 15) is 0 Å². The molecule has 0 amide bonds. The molecular formula is C62H51N3O. The van der Waals surface area contributed by atoms with Gasteiger partial charge >= 0.3 is 0 Å². The number of para-hydroxylation sites is 2. The van der Waals surface area contributed by atoms with Crippen LogP contribution in [0.5, 0.6) is 0 Å². The van der Waals surface area contributed by atoms with Crippen LogP contribution >= 0.6 is 0 Å². The molecule has 0 radical (unpaired) electrons. The molecule has 3 aliphatic rings. The molecule has 3 aliphatic carbocycles. The Morgan fingerprint density at radius 1 is 0.455 bits per heavy atom. The summed E-state index contributed by atoms with van der Waals surface area (Å²) in [7, 11) is 0. The molecule has 66 heavy (non-hydrogen) atoms. The largest absolute Gasteiger partial charge is 0.455 e. The van der Waals surface area contributed by atoms with E-state index in [-0.39, 0.29) is 16.7 Å². The zero-order chi connectivity index (χ0) is 45.1. The number of rotatable bonds is 4. The van der Waals surface area contributed by atoms with Gasteiger partial charge in [0.05, 0.1) is 5.41 Å². The zero-order valence-corrected chi connectivity index (χ0v) is 38.6. The van der Waals surface area contributed by atoms with E-state index in [2.05, 4.69) is 212 Å². The number of hydrogen-bond donors (Lipinski definition) is 0.